The smallest absolute Gasteiger partial charge is 0.240 e. The molecule has 0 unspecified atom stereocenters. The monoisotopic (exact) mass is 422 g/mol. The minimum atomic E-state index is -3.81. The number of carbonyl (C=O) groups is 1. The van der Waals surface area contributed by atoms with Crippen molar-refractivity contribution in [1.82, 2.24) is 19.9 Å². The molecule has 11 heteroatoms. The van der Waals surface area contributed by atoms with Crippen LogP contribution in [-0.2, 0) is 21.4 Å². The van der Waals surface area contributed by atoms with Crippen molar-refractivity contribution in [3.8, 4) is 0 Å². The number of nitrogens with two attached hydrogens (primary N) is 1. The third-order valence-corrected chi connectivity index (χ3v) is 5.55. The lowest BCUT2D eigenvalue weighted by molar-refractivity contribution is -0.117. The van der Waals surface area contributed by atoms with E-state index in [1.165, 1.54) is 18.2 Å². The topological polar surface area (TPSA) is 135 Å². The highest BCUT2D eigenvalue weighted by Gasteiger charge is 2.21. The number of nitrogens with zero attached hydrogens (tertiary/aromatic N) is 4. The average molecular weight is 423 g/mol. The summed E-state index contributed by atoms with van der Waals surface area (Å²) >= 11 is 0. The molecule has 0 bridgehead atoms. The highest BCUT2D eigenvalue weighted by Crippen LogP contribution is 2.15. The number of hydrogen-bond donors (Lipinski definition) is 2. The lowest BCUT2D eigenvalue weighted by Gasteiger charge is -2.33. The lowest BCUT2D eigenvalue weighted by Crippen LogP contribution is -2.48. The molecule has 1 fully saturated rings. The van der Waals surface area contributed by atoms with E-state index >= 15 is 0 Å². The summed E-state index contributed by atoms with van der Waals surface area (Å²) in [6.07, 6.45) is 0. The first-order valence-electron chi connectivity index (χ1n) is 9.40. The van der Waals surface area contributed by atoms with Gasteiger partial charge in [-0.15, -0.1) is 0 Å². The molecule has 2 heterocycles. The maximum Gasteiger partial charge on any atom is 0.240 e. The summed E-state index contributed by atoms with van der Waals surface area (Å²) in [7, 11) is -3.81. The van der Waals surface area contributed by atoms with Gasteiger partial charge in [-0.25, -0.2) is 13.6 Å². The highest BCUT2D eigenvalue weighted by atomic mass is 32.2. The Labute approximate surface area is 170 Å². The number of nitrogens with one attached hydrogen (secondary N) is 1. The Morgan fingerprint density at radius 3 is 2.55 bits per heavy atom. The van der Waals surface area contributed by atoms with Crippen LogP contribution in [0.15, 0.2) is 33.7 Å². The van der Waals surface area contributed by atoms with Gasteiger partial charge in [0.1, 0.15) is 0 Å². The Kier molecular flexibility index (Phi) is 6.63. The second-order valence-corrected chi connectivity index (χ2v) is 8.94. The largest absolute Gasteiger partial charge is 0.338 e. The van der Waals surface area contributed by atoms with Crippen LogP contribution in [0.25, 0.3) is 0 Å². The van der Waals surface area contributed by atoms with Gasteiger partial charge in [0.25, 0.3) is 0 Å². The molecule has 3 N–H and O–H groups in total. The minimum absolute atomic E-state index is 0.0365. The van der Waals surface area contributed by atoms with Gasteiger partial charge in [0.2, 0.25) is 21.8 Å². The molecular weight excluding hydrogens is 396 g/mol. The van der Waals surface area contributed by atoms with Crippen molar-refractivity contribution < 1.29 is 17.7 Å². The number of carbonyl (C=O) groups excluding carboxylic acids is 1. The number of piperazine rings is 1. The quantitative estimate of drug-likeness (QED) is 0.662. The van der Waals surface area contributed by atoms with E-state index in [4.69, 9.17) is 9.66 Å². The molecule has 0 radical (unpaired) electrons. The number of aromatic nitrogens is 2. The van der Waals surface area contributed by atoms with Crippen LogP contribution < -0.4 is 10.5 Å². The first kappa shape index (κ1) is 21.4. The summed E-state index contributed by atoms with van der Waals surface area (Å²) in [4.78, 5) is 20.9. The van der Waals surface area contributed by atoms with E-state index in [1.54, 1.807) is 6.07 Å². The van der Waals surface area contributed by atoms with Crippen LogP contribution >= 0.6 is 0 Å². The fraction of sp³-hybridized carbons (Fsp3) is 0.500. The molecule has 0 spiro atoms. The first-order chi connectivity index (χ1) is 13.7. The third kappa shape index (κ3) is 6.07. The standard InChI is InChI=1S/C18H26N6O4S/c1-13(2)18-21-17(28-22-18)12-24-8-6-23(7-9-24)11-16(25)20-14-4-3-5-15(10-14)29(19,26)27/h3-5,10,13H,6-9,11-12H2,1-2H3,(H,20,25)(H2,19,26,27). The van der Waals surface area contributed by atoms with Crippen molar-refractivity contribution in [2.75, 3.05) is 38.0 Å². The van der Waals surface area contributed by atoms with E-state index in [2.05, 4.69) is 20.4 Å². The predicted octanol–water partition coefficient (Wildman–Crippen LogP) is 0.597. The number of benzene rings is 1. The van der Waals surface area contributed by atoms with Crippen LogP contribution in [0.1, 0.15) is 31.5 Å². The van der Waals surface area contributed by atoms with Gasteiger partial charge in [0.15, 0.2) is 5.82 Å². The molecule has 0 saturated carbocycles. The summed E-state index contributed by atoms with van der Waals surface area (Å²) in [6, 6.07) is 5.90. The molecular formula is C18H26N6O4S. The van der Waals surface area contributed by atoms with E-state index in [0.29, 0.717) is 23.9 Å². The van der Waals surface area contributed by atoms with Crippen LogP contribution in [0.5, 0.6) is 0 Å². The summed E-state index contributed by atoms with van der Waals surface area (Å²) in [5, 5.41) is 11.8. The van der Waals surface area contributed by atoms with Gasteiger partial charge in [-0.1, -0.05) is 25.1 Å². The van der Waals surface area contributed by atoms with Gasteiger partial charge >= 0.3 is 0 Å². The number of amides is 1. The van der Waals surface area contributed by atoms with E-state index in [-0.39, 0.29) is 23.3 Å². The third-order valence-electron chi connectivity index (χ3n) is 4.64. The molecule has 1 aliphatic rings. The molecule has 1 aliphatic heterocycles. The van der Waals surface area contributed by atoms with Crippen LogP contribution in [0.2, 0.25) is 0 Å². The van der Waals surface area contributed by atoms with Crippen molar-refractivity contribution in [2.45, 2.75) is 31.2 Å². The number of primary sulfonamides is 1. The Balaban J connectivity index is 1.46. The van der Waals surface area contributed by atoms with Crippen LogP contribution in [-0.4, -0.2) is 67.0 Å². The molecule has 0 aliphatic carbocycles. The summed E-state index contributed by atoms with van der Waals surface area (Å²) in [6.45, 7) is 7.89. The fourth-order valence-corrected chi connectivity index (χ4v) is 3.58. The van der Waals surface area contributed by atoms with E-state index < -0.39 is 10.0 Å². The molecule has 1 aromatic heterocycles. The van der Waals surface area contributed by atoms with Crippen molar-refractivity contribution in [3.63, 3.8) is 0 Å². The number of rotatable bonds is 7. The summed E-state index contributed by atoms with van der Waals surface area (Å²) < 4.78 is 28.1. The molecule has 29 heavy (non-hydrogen) atoms. The number of sulfonamides is 1. The highest BCUT2D eigenvalue weighted by molar-refractivity contribution is 7.89. The summed E-state index contributed by atoms with van der Waals surface area (Å²) in [5.74, 6) is 1.34. The van der Waals surface area contributed by atoms with E-state index in [9.17, 15) is 13.2 Å². The van der Waals surface area contributed by atoms with Crippen LogP contribution in [0.3, 0.4) is 0 Å². The van der Waals surface area contributed by atoms with E-state index in [1.807, 2.05) is 18.7 Å². The number of anilines is 1. The molecule has 10 nitrogen and oxygen atoms in total. The van der Waals surface area contributed by atoms with Crippen molar-refractivity contribution >= 4 is 21.6 Å². The Bertz CT molecular complexity index is 951. The zero-order chi connectivity index (χ0) is 21.0. The van der Waals surface area contributed by atoms with Gasteiger partial charge in [-0.05, 0) is 18.2 Å². The maximum absolute atomic E-state index is 12.3. The van der Waals surface area contributed by atoms with Gasteiger partial charge in [0, 0.05) is 37.8 Å². The number of hydrogen-bond acceptors (Lipinski definition) is 8. The van der Waals surface area contributed by atoms with Gasteiger partial charge < -0.3 is 9.84 Å². The van der Waals surface area contributed by atoms with Gasteiger partial charge in [-0.2, -0.15) is 4.98 Å². The Hall–Kier alpha value is -2.34. The van der Waals surface area contributed by atoms with Crippen LogP contribution in [0.4, 0.5) is 5.69 Å². The average Bonchev–Trinajstić information content (AvgIpc) is 3.12. The fourth-order valence-electron chi connectivity index (χ4n) is 3.02. The molecule has 1 aromatic carbocycles. The Morgan fingerprint density at radius 1 is 1.24 bits per heavy atom. The molecule has 2 aromatic rings. The van der Waals surface area contributed by atoms with Gasteiger partial charge in [0.05, 0.1) is 18.0 Å². The SMILES string of the molecule is CC(C)c1noc(CN2CCN(CC(=O)Nc3cccc(S(N)(=O)=O)c3)CC2)n1. The lowest BCUT2D eigenvalue weighted by atomic mass is 10.2. The normalized spacial score (nSPS) is 16.3. The molecule has 3 rings (SSSR count). The molecule has 0 atom stereocenters. The first-order valence-corrected chi connectivity index (χ1v) is 11.0. The Morgan fingerprint density at radius 2 is 1.93 bits per heavy atom. The molecule has 158 valence electrons. The van der Waals surface area contributed by atoms with Gasteiger partial charge in [-0.3, -0.25) is 14.6 Å². The molecule has 1 amide bonds. The van der Waals surface area contributed by atoms with E-state index in [0.717, 1.165) is 26.2 Å². The summed E-state index contributed by atoms with van der Waals surface area (Å²) in [5.41, 5.74) is 0.400. The van der Waals surface area contributed by atoms with Crippen LogP contribution in [0, 0.1) is 0 Å². The molecule has 1 saturated heterocycles. The maximum atomic E-state index is 12.3. The second kappa shape index (κ2) is 8.99. The zero-order valence-electron chi connectivity index (χ0n) is 16.5. The van der Waals surface area contributed by atoms with Crippen molar-refractivity contribution in [3.05, 3.63) is 36.0 Å². The minimum Gasteiger partial charge on any atom is -0.338 e. The van der Waals surface area contributed by atoms with Crippen molar-refractivity contribution in [2.24, 2.45) is 5.14 Å². The zero-order valence-corrected chi connectivity index (χ0v) is 17.4. The second-order valence-electron chi connectivity index (χ2n) is 7.37. The predicted molar refractivity (Wildman–Crippen MR) is 107 cm³/mol. The van der Waals surface area contributed by atoms with Crippen molar-refractivity contribution in [1.29, 1.82) is 0 Å².